The Labute approximate surface area is 218 Å². The van der Waals surface area contributed by atoms with E-state index in [4.69, 9.17) is 9.05 Å². The monoisotopic (exact) mass is 551 g/mol. The summed E-state index contributed by atoms with van der Waals surface area (Å²) >= 11 is 0. The highest BCUT2D eigenvalue weighted by Gasteiger charge is 2.60. The molecule has 0 amide bonds. The molecule has 0 spiro atoms. The lowest BCUT2D eigenvalue weighted by Crippen LogP contribution is -2.43. The molecule has 7 nitrogen and oxygen atoms in total. The Hall–Kier alpha value is -2.41. The Morgan fingerprint density at radius 2 is 1.73 bits per heavy atom. The number of nitrogens with one attached hydrogen (secondary N) is 1. The molecular weight excluding hydrogens is 519 g/mol. The number of fused-ring (bicyclic) bond motifs is 1. The van der Waals surface area contributed by atoms with Crippen LogP contribution < -0.4 is 4.72 Å². The first-order valence-electron chi connectivity index (χ1n) is 11.9. The molecule has 0 fully saturated rings. The van der Waals surface area contributed by atoms with Gasteiger partial charge in [-0.05, 0) is 58.4 Å². The van der Waals surface area contributed by atoms with Crippen LogP contribution in [0.2, 0.25) is 0 Å². The number of halogens is 2. The molecule has 37 heavy (non-hydrogen) atoms. The largest absolute Gasteiger partial charge is 0.401 e. The molecule has 0 saturated heterocycles. The third-order valence-corrected chi connectivity index (χ3v) is 9.39. The number of benzene rings is 2. The summed E-state index contributed by atoms with van der Waals surface area (Å²) in [5, 5.41) is 9.84. The van der Waals surface area contributed by atoms with Gasteiger partial charge in [-0.1, -0.05) is 30.3 Å². The van der Waals surface area contributed by atoms with Crippen molar-refractivity contribution in [3.63, 3.8) is 0 Å². The van der Waals surface area contributed by atoms with E-state index in [0.717, 1.165) is 5.56 Å². The quantitative estimate of drug-likeness (QED) is 0.274. The SMILES string of the molecule is CCOP(=O)(OCC)C(F)(F)C(NS(=O)C(C)(C)C)c1cn(Cc2ccccc2)c2ccc(C#N)cc12. The number of nitrogens with zero attached hydrogens (tertiary/aromatic N) is 2. The second-order valence-corrected chi connectivity index (χ2v) is 13.5. The van der Waals surface area contributed by atoms with E-state index in [0.29, 0.717) is 17.4 Å². The lowest BCUT2D eigenvalue weighted by Gasteiger charge is -2.33. The number of hydrogen-bond acceptors (Lipinski definition) is 5. The van der Waals surface area contributed by atoms with E-state index >= 15 is 8.78 Å². The molecule has 3 rings (SSSR count). The van der Waals surface area contributed by atoms with Crippen LogP contribution in [0.25, 0.3) is 10.9 Å². The minimum atomic E-state index is -5.01. The first kappa shape index (κ1) is 29.2. The zero-order chi connectivity index (χ0) is 27.4. The van der Waals surface area contributed by atoms with Gasteiger partial charge in [0.1, 0.15) is 6.04 Å². The second kappa shape index (κ2) is 11.5. The van der Waals surface area contributed by atoms with Crippen molar-refractivity contribution in [1.29, 1.82) is 5.26 Å². The molecule has 2 aromatic carbocycles. The van der Waals surface area contributed by atoms with Gasteiger partial charge in [-0.25, -0.2) is 8.93 Å². The average Bonchev–Trinajstić information content (AvgIpc) is 3.19. The van der Waals surface area contributed by atoms with Gasteiger partial charge < -0.3 is 13.6 Å². The minimum absolute atomic E-state index is 0.0327. The van der Waals surface area contributed by atoms with Gasteiger partial charge in [0.15, 0.2) is 0 Å². The highest BCUT2D eigenvalue weighted by Crippen LogP contribution is 2.66. The number of alkyl halides is 2. The average molecular weight is 552 g/mol. The maximum Gasteiger partial charge on any atom is 0.401 e. The lowest BCUT2D eigenvalue weighted by molar-refractivity contribution is 0.0119. The van der Waals surface area contributed by atoms with Crippen LogP contribution in [0.3, 0.4) is 0 Å². The zero-order valence-electron chi connectivity index (χ0n) is 21.5. The molecule has 11 heteroatoms. The molecule has 2 atom stereocenters. The summed E-state index contributed by atoms with van der Waals surface area (Å²) in [6.07, 6.45) is 1.52. The molecular formula is C26H32F2N3O4PS. The van der Waals surface area contributed by atoms with Gasteiger partial charge in [0, 0.05) is 29.2 Å². The van der Waals surface area contributed by atoms with Gasteiger partial charge >= 0.3 is 13.3 Å². The van der Waals surface area contributed by atoms with Crippen LogP contribution >= 0.6 is 7.60 Å². The highest BCUT2D eigenvalue weighted by atomic mass is 32.2. The maximum atomic E-state index is 16.3. The van der Waals surface area contributed by atoms with Crippen LogP contribution in [0.4, 0.5) is 8.78 Å². The minimum Gasteiger partial charge on any atom is -0.343 e. The summed E-state index contributed by atoms with van der Waals surface area (Å²) < 4.78 is 72.7. The van der Waals surface area contributed by atoms with Crippen molar-refractivity contribution in [2.45, 2.75) is 57.6 Å². The summed E-state index contributed by atoms with van der Waals surface area (Å²) in [6, 6.07) is 14.3. The van der Waals surface area contributed by atoms with Crippen LogP contribution in [-0.2, 0) is 31.1 Å². The van der Waals surface area contributed by atoms with Gasteiger partial charge in [-0.2, -0.15) is 14.0 Å². The fourth-order valence-corrected chi connectivity index (χ4v) is 6.40. The maximum absolute atomic E-state index is 16.3. The summed E-state index contributed by atoms with van der Waals surface area (Å²) in [6.45, 7) is 7.64. The normalized spacial score (nSPS) is 14.4. The molecule has 0 aliphatic rings. The van der Waals surface area contributed by atoms with E-state index < -0.39 is 35.0 Å². The van der Waals surface area contributed by atoms with Crippen LogP contribution in [0.5, 0.6) is 0 Å². The molecule has 0 aliphatic carbocycles. The predicted octanol–water partition coefficient (Wildman–Crippen LogP) is 6.51. The van der Waals surface area contributed by atoms with E-state index in [1.807, 2.05) is 36.4 Å². The van der Waals surface area contributed by atoms with Crippen molar-refractivity contribution in [1.82, 2.24) is 9.29 Å². The van der Waals surface area contributed by atoms with Crippen molar-refractivity contribution in [3.8, 4) is 6.07 Å². The number of nitriles is 1. The topological polar surface area (TPSA) is 93.3 Å². The summed E-state index contributed by atoms with van der Waals surface area (Å²) in [7, 11) is -6.98. The van der Waals surface area contributed by atoms with Crippen LogP contribution in [-0.4, -0.2) is 32.4 Å². The Balaban J connectivity index is 2.29. The fourth-order valence-electron chi connectivity index (χ4n) is 3.85. The molecule has 0 aliphatic heterocycles. The molecule has 1 heterocycles. The first-order chi connectivity index (χ1) is 17.4. The molecule has 0 radical (unpaired) electrons. The highest BCUT2D eigenvalue weighted by molar-refractivity contribution is 7.84. The van der Waals surface area contributed by atoms with Crippen LogP contribution in [0, 0.1) is 11.3 Å². The smallest absolute Gasteiger partial charge is 0.343 e. The zero-order valence-corrected chi connectivity index (χ0v) is 23.2. The molecule has 200 valence electrons. The standard InChI is InChI=1S/C26H32F2N3O4PS/c1-6-34-36(32,35-7-2)26(27,28)24(30-37(33)25(3,4)5)22-18-31(17-19-11-9-8-10-12-19)23-14-13-20(16-29)15-21(22)23/h8-15,18,24,30H,6-7,17H2,1-5H3. The second-order valence-electron chi connectivity index (χ2n) is 9.39. The summed E-state index contributed by atoms with van der Waals surface area (Å²) in [4.78, 5) is 0. The Morgan fingerprint density at radius 1 is 1.11 bits per heavy atom. The van der Waals surface area contributed by atoms with E-state index in [2.05, 4.69) is 4.72 Å². The van der Waals surface area contributed by atoms with E-state index in [1.54, 1.807) is 37.5 Å². The van der Waals surface area contributed by atoms with Gasteiger partial charge in [-0.15, -0.1) is 0 Å². The Kier molecular flexibility index (Phi) is 9.10. The Bertz CT molecular complexity index is 1340. The summed E-state index contributed by atoms with van der Waals surface area (Å²) in [5.74, 6) is 0. The third-order valence-electron chi connectivity index (χ3n) is 5.64. The third kappa shape index (κ3) is 6.19. The van der Waals surface area contributed by atoms with Gasteiger partial charge in [0.05, 0.1) is 40.6 Å². The molecule has 0 bridgehead atoms. The summed E-state index contributed by atoms with van der Waals surface area (Å²) in [5.41, 5.74) is -2.29. The molecule has 2 unspecified atom stereocenters. The van der Waals surface area contributed by atoms with E-state index in [-0.39, 0.29) is 24.3 Å². The van der Waals surface area contributed by atoms with Crippen molar-refractivity contribution in [2.75, 3.05) is 13.2 Å². The fraction of sp³-hybridized carbons (Fsp3) is 0.423. The van der Waals surface area contributed by atoms with E-state index in [1.165, 1.54) is 26.1 Å². The lowest BCUT2D eigenvalue weighted by atomic mass is 10.0. The number of rotatable bonds is 11. The van der Waals surface area contributed by atoms with Crippen LogP contribution in [0.1, 0.15) is 57.4 Å². The molecule has 1 aromatic heterocycles. The van der Waals surface area contributed by atoms with Gasteiger partial charge in [0.2, 0.25) is 0 Å². The van der Waals surface area contributed by atoms with Crippen molar-refractivity contribution < 1.29 is 26.6 Å². The predicted molar refractivity (Wildman–Crippen MR) is 142 cm³/mol. The van der Waals surface area contributed by atoms with Crippen molar-refractivity contribution in [3.05, 3.63) is 71.4 Å². The molecule has 3 aromatic rings. The van der Waals surface area contributed by atoms with Crippen LogP contribution in [0.15, 0.2) is 54.7 Å². The molecule has 0 saturated carbocycles. The molecule has 1 N–H and O–H groups in total. The van der Waals surface area contributed by atoms with Crippen molar-refractivity contribution >= 4 is 29.5 Å². The van der Waals surface area contributed by atoms with Crippen molar-refractivity contribution in [2.24, 2.45) is 0 Å². The van der Waals surface area contributed by atoms with E-state index in [9.17, 15) is 14.0 Å². The van der Waals surface area contributed by atoms with Gasteiger partial charge in [-0.3, -0.25) is 4.57 Å². The Morgan fingerprint density at radius 3 is 2.27 bits per heavy atom. The number of hydrogen-bond donors (Lipinski definition) is 1. The first-order valence-corrected chi connectivity index (χ1v) is 14.6. The number of aromatic nitrogens is 1. The van der Waals surface area contributed by atoms with Gasteiger partial charge in [0.25, 0.3) is 0 Å².